The van der Waals surface area contributed by atoms with E-state index in [9.17, 15) is 4.79 Å². The molecule has 46 heavy (non-hydrogen) atoms. The zero-order valence-corrected chi connectivity index (χ0v) is 28.0. The van der Waals surface area contributed by atoms with Gasteiger partial charge in [-0.15, -0.1) is 0 Å². The van der Waals surface area contributed by atoms with Crippen LogP contribution in [0.15, 0.2) is 66.7 Å². The van der Waals surface area contributed by atoms with Crippen molar-refractivity contribution in [2.24, 2.45) is 0 Å². The Morgan fingerprint density at radius 3 is 2.54 bits per heavy atom. The van der Waals surface area contributed by atoms with Crippen molar-refractivity contribution in [1.82, 2.24) is 14.6 Å². The average Bonchev–Trinajstić information content (AvgIpc) is 3.46. The molecular weight excluding hydrogens is 576 g/mol. The van der Waals surface area contributed by atoms with Gasteiger partial charge in [0.1, 0.15) is 5.82 Å². The molecule has 0 aliphatic carbocycles. The van der Waals surface area contributed by atoms with Crippen molar-refractivity contribution in [3.8, 4) is 22.4 Å². The second kappa shape index (κ2) is 13.0. The van der Waals surface area contributed by atoms with Gasteiger partial charge in [-0.2, -0.15) is 9.61 Å². The third-order valence-electron chi connectivity index (χ3n) is 9.07. The summed E-state index contributed by atoms with van der Waals surface area (Å²) in [4.78, 5) is 20.7. The number of aromatic nitrogens is 3. The van der Waals surface area contributed by atoms with Crippen LogP contribution in [0.25, 0.3) is 28.0 Å². The largest absolute Gasteiger partial charge is 0.467 e. The number of hydrogen-bond donors (Lipinski definition) is 0. The van der Waals surface area contributed by atoms with E-state index in [1.807, 2.05) is 38.3 Å². The number of carbonyl (C=O) groups is 1. The second-order valence-electron chi connectivity index (χ2n) is 13.7. The molecule has 242 valence electrons. The Kier molecular flexibility index (Phi) is 9.03. The third kappa shape index (κ3) is 6.74. The first-order chi connectivity index (χ1) is 22.0. The number of methoxy groups -OCH3 is 1. The van der Waals surface area contributed by atoms with Gasteiger partial charge in [-0.3, -0.25) is 0 Å². The lowest BCUT2D eigenvalue weighted by molar-refractivity contribution is -0.164. The van der Waals surface area contributed by atoms with E-state index in [-0.39, 0.29) is 5.60 Å². The monoisotopic (exact) mass is 622 g/mol. The van der Waals surface area contributed by atoms with E-state index in [0.717, 1.165) is 73.5 Å². The smallest absolute Gasteiger partial charge is 0.339 e. The number of rotatable bonds is 3. The maximum Gasteiger partial charge on any atom is 0.339 e. The fourth-order valence-electron chi connectivity index (χ4n) is 6.60. The Bertz CT molecular complexity index is 1740. The molecule has 0 amide bonds. The Labute approximate surface area is 272 Å². The topological polar surface area (TPSA) is 78.2 Å². The zero-order valence-electron chi connectivity index (χ0n) is 28.0. The van der Waals surface area contributed by atoms with E-state index in [2.05, 4.69) is 72.5 Å². The Morgan fingerprint density at radius 2 is 1.78 bits per heavy atom. The summed E-state index contributed by atoms with van der Waals surface area (Å²) in [6, 6.07) is 19.3. The van der Waals surface area contributed by atoms with Crippen LogP contribution in [-0.2, 0) is 25.4 Å². The standard InChI is InChI=1S/C38H46N4O4/c1-26-33(34(36(43)44-6)46-37(2,3)4)35-41-21-19-38(5,20-22-41)45-23-12-8-7-9-14-27-15-10-11-18-30(27)28-16-13-17-29(24-28)31-25-32(39-26)42(35)40-31/h8,10-13,15-18,24-25,34H,7,9,14,19-23H2,1-6H3/t34-/m0/s1. The summed E-state index contributed by atoms with van der Waals surface area (Å²) in [5, 5.41) is 5.18. The molecule has 1 fully saturated rings. The number of piperidine rings is 1. The Morgan fingerprint density at radius 1 is 1.02 bits per heavy atom. The molecule has 3 aliphatic rings. The molecule has 2 aromatic carbocycles. The highest BCUT2D eigenvalue weighted by molar-refractivity contribution is 5.81. The molecule has 5 heterocycles. The fraction of sp³-hybridized carbons (Fsp3) is 0.447. The van der Waals surface area contributed by atoms with Gasteiger partial charge in [-0.05, 0) is 89.5 Å². The molecule has 7 rings (SSSR count). The molecule has 0 unspecified atom stereocenters. The summed E-state index contributed by atoms with van der Waals surface area (Å²) in [7, 11) is 1.40. The number of anilines is 1. The van der Waals surface area contributed by atoms with Crippen LogP contribution in [0.5, 0.6) is 0 Å². The number of hydrogen-bond acceptors (Lipinski definition) is 7. The number of aryl methyl sites for hydroxylation is 2. The van der Waals surface area contributed by atoms with E-state index in [0.29, 0.717) is 17.9 Å². The lowest BCUT2D eigenvalue weighted by Gasteiger charge is -2.41. The SMILES string of the molecule is COC(=O)[C@@H](OC(C)(C)C)c1c(C)nc2cc3nn2c1N1CCC(C)(CC1)OCC=CCCCc1ccccc1-c1cccc-3c1. The van der Waals surface area contributed by atoms with Gasteiger partial charge >= 0.3 is 5.97 Å². The van der Waals surface area contributed by atoms with Crippen molar-refractivity contribution in [2.75, 3.05) is 31.7 Å². The van der Waals surface area contributed by atoms with E-state index in [1.54, 1.807) is 0 Å². The van der Waals surface area contributed by atoms with Gasteiger partial charge in [0.25, 0.3) is 0 Å². The highest BCUT2D eigenvalue weighted by atomic mass is 16.6. The number of esters is 1. The van der Waals surface area contributed by atoms with E-state index >= 15 is 0 Å². The van der Waals surface area contributed by atoms with Crippen molar-refractivity contribution in [3.63, 3.8) is 0 Å². The van der Waals surface area contributed by atoms with Gasteiger partial charge in [-0.1, -0.05) is 54.6 Å². The first-order valence-electron chi connectivity index (χ1n) is 16.4. The predicted octanol–water partition coefficient (Wildman–Crippen LogP) is 7.67. The van der Waals surface area contributed by atoms with Crippen LogP contribution in [0.2, 0.25) is 0 Å². The molecular formula is C38H46N4O4. The molecule has 8 nitrogen and oxygen atoms in total. The first-order valence-corrected chi connectivity index (χ1v) is 16.4. The third-order valence-corrected chi connectivity index (χ3v) is 9.07. The van der Waals surface area contributed by atoms with Gasteiger partial charge in [0.2, 0.25) is 0 Å². The molecule has 1 atom stereocenters. The molecule has 0 N–H and O–H groups in total. The molecule has 2 aromatic heterocycles. The van der Waals surface area contributed by atoms with Crippen molar-refractivity contribution in [2.45, 2.75) is 84.0 Å². The second-order valence-corrected chi connectivity index (χ2v) is 13.7. The van der Waals surface area contributed by atoms with Crippen molar-refractivity contribution >= 4 is 17.4 Å². The Balaban J connectivity index is 1.54. The predicted molar refractivity (Wildman–Crippen MR) is 182 cm³/mol. The minimum atomic E-state index is -0.968. The van der Waals surface area contributed by atoms with Crippen molar-refractivity contribution < 1.29 is 19.0 Å². The van der Waals surface area contributed by atoms with Crippen LogP contribution < -0.4 is 4.90 Å². The lowest BCUT2D eigenvalue weighted by Crippen LogP contribution is -2.45. The van der Waals surface area contributed by atoms with Gasteiger partial charge < -0.3 is 19.1 Å². The van der Waals surface area contributed by atoms with E-state index < -0.39 is 17.7 Å². The number of allylic oxidation sites excluding steroid dienone is 1. The maximum atomic E-state index is 13.4. The summed E-state index contributed by atoms with van der Waals surface area (Å²) >= 11 is 0. The van der Waals surface area contributed by atoms with E-state index in [4.69, 9.17) is 24.3 Å². The van der Waals surface area contributed by atoms with Crippen molar-refractivity contribution in [1.29, 1.82) is 0 Å². The highest BCUT2D eigenvalue weighted by Crippen LogP contribution is 2.39. The normalized spacial score (nSPS) is 17.6. The van der Waals surface area contributed by atoms with E-state index in [1.165, 1.54) is 18.2 Å². The molecule has 6 bridgehead atoms. The summed E-state index contributed by atoms with van der Waals surface area (Å²) in [5.41, 5.74) is 6.83. The molecule has 0 radical (unpaired) electrons. The quantitative estimate of drug-likeness (QED) is 0.171. The molecule has 0 spiro atoms. The van der Waals surface area contributed by atoms with Crippen LogP contribution in [0.1, 0.15) is 76.3 Å². The number of benzene rings is 2. The molecule has 8 heteroatoms. The Hall–Kier alpha value is -4.01. The van der Waals surface area contributed by atoms with Crippen LogP contribution in [0.3, 0.4) is 0 Å². The molecule has 1 saturated heterocycles. The molecule has 0 saturated carbocycles. The summed E-state index contributed by atoms with van der Waals surface area (Å²) in [6.07, 6.45) is 8.20. The van der Waals surface area contributed by atoms with Crippen LogP contribution >= 0.6 is 0 Å². The number of fused-ring (bicyclic) bond motifs is 7. The number of nitrogens with zero attached hydrogens (tertiary/aromatic N) is 4. The fourth-order valence-corrected chi connectivity index (χ4v) is 6.60. The minimum absolute atomic E-state index is 0.249. The van der Waals surface area contributed by atoms with Gasteiger partial charge in [0, 0.05) is 30.4 Å². The van der Waals surface area contributed by atoms with Crippen LogP contribution in [0.4, 0.5) is 5.82 Å². The highest BCUT2D eigenvalue weighted by Gasteiger charge is 2.38. The maximum absolute atomic E-state index is 13.4. The number of ether oxygens (including phenoxy) is 3. The van der Waals surface area contributed by atoms with Crippen LogP contribution in [0, 0.1) is 6.92 Å². The molecule has 3 aliphatic heterocycles. The zero-order chi connectivity index (χ0) is 32.5. The summed E-state index contributed by atoms with van der Waals surface area (Å²) < 4.78 is 20.1. The van der Waals surface area contributed by atoms with Gasteiger partial charge in [0.15, 0.2) is 11.8 Å². The molecule has 4 aromatic rings. The number of carbonyl (C=O) groups excluding carboxylic acids is 1. The lowest BCUT2D eigenvalue weighted by atomic mass is 9.92. The van der Waals surface area contributed by atoms with Gasteiger partial charge in [0.05, 0.1) is 36.2 Å². The summed E-state index contributed by atoms with van der Waals surface area (Å²) in [6.45, 7) is 12.0. The van der Waals surface area contributed by atoms with Gasteiger partial charge in [-0.25, -0.2) is 9.78 Å². The average molecular weight is 623 g/mol. The first kappa shape index (κ1) is 32.0. The van der Waals surface area contributed by atoms with Crippen LogP contribution in [-0.4, -0.2) is 58.6 Å². The minimum Gasteiger partial charge on any atom is -0.467 e. The van der Waals surface area contributed by atoms with Crippen molar-refractivity contribution in [3.05, 3.63) is 83.6 Å². The summed E-state index contributed by atoms with van der Waals surface area (Å²) in [5.74, 6) is 0.351.